The molecule has 0 amide bonds. The predicted molar refractivity (Wildman–Crippen MR) is 94.1 cm³/mol. The SMILES string of the molecule is Clc1ccc(Br)c(-c2nc(Cl)c(Br)c(C3CCCC3)n2)c1. The van der Waals surface area contributed by atoms with Gasteiger partial charge in [-0.3, -0.25) is 0 Å². The van der Waals surface area contributed by atoms with Crippen molar-refractivity contribution in [3.8, 4) is 11.4 Å². The van der Waals surface area contributed by atoms with Crippen LogP contribution in [0.2, 0.25) is 10.2 Å². The number of halogens is 4. The van der Waals surface area contributed by atoms with Crippen molar-refractivity contribution < 1.29 is 0 Å². The van der Waals surface area contributed by atoms with Crippen LogP contribution in [0.4, 0.5) is 0 Å². The number of nitrogens with zero attached hydrogens (tertiary/aromatic N) is 2. The van der Waals surface area contributed by atoms with Gasteiger partial charge in [0, 0.05) is 21.0 Å². The van der Waals surface area contributed by atoms with E-state index in [1.807, 2.05) is 18.2 Å². The molecular formula is C15H12Br2Cl2N2. The number of hydrogen-bond donors (Lipinski definition) is 0. The van der Waals surface area contributed by atoms with E-state index in [0.717, 1.165) is 33.0 Å². The second-order valence-electron chi connectivity index (χ2n) is 5.14. The lowest BCUT2D eigenvalue weighted by atomic mass is 10.0. The zero-order valence-corrected chi connectivity index (χ0v) is 15.7. The zero-order chi connectivity index (χ0) is 15.0. The van der Waals surface area contributed by atoms with Crippen molar-refractivity contribution in [3.63, 3.8) is 0 Å². The molecule has 0 radical (unpaired) electrons. The summed E-state index contributed by atoms with van der Waals surface area (Å²) in [4.78, 5) is 9.15. The van der Waals surface area contributed by atoms with Crippen LogP contribution in [0.5, 0.6) is 0 Å². The molecule has 1 aromatic carbocycles. The molecule has 0 atom stereocenters. The molecule has 21 heavy (non-hydrogen) atoms. The molecule has 1 aliphatic carbocycles. The highest BCUT2D eigenvalue weighted by Gasteiger charge is 2.24. The summed E-state index contributed by atoms with van der Waals surface area (Å²) in [6, 6.07) is 5.57. The summed E-state index contributed by atoms with van der Waals surface area (Å²) in [6.07, 6.45) is 4.80. The maximum absolute atomic E-state index is 6.29. The van der Waals surface area contributed by atoms with E-state index >= 15 is 0 Å². The number of aromatic nitrogens is 2. The highest BCUT2D eigenvalue weighted by atomic mass is 79.9. The first-order chi connectivity index (χ1) is 10.1. The fourth-order valence-electron chi connectivity index (χ4n) is 2.69. The molecule has 0 bridgehead atoms. The summed E-state index contributed by atoms with van der Waals surface area (Å²) in [5.41, 5.74) is 1.87. The third-order valence-corrected chi connectivity index (χ3v) is 5.96. The molecule has 1 fully saturated rings. The van der Waals surface area contributed by atoms with E-state index < -0.39 is 0 Å². The monoisotopic (exact) mass is 448 g/mol. The number of rotatable bonds is 2. The largest absolute Gasteiger partial charge is 0.231 e. The lowest BCUT2D eigenvalue weighted by Crippen LogP contribution is -2.03. The predicted octanol–water partition coefficient (Wildman–Crippen LogP) is 6.63. The van der Waals surface area contributed by atoms with E-state index in [-0.39, 0.29) is 0 Å². The molecule has 0 aliphatic heterocycles. The molecule has 110 valence electrons. The van der Waals surface area contributed by atoms with Crippen molar-refractivity contribution in [1.29, 1.82) is 0 Å². The van der Waals surface area contributed by atoms with Gasteiger partial charge in [0.15, 0.2) is 5.82 Å². The van der Waals surface area contributed by atoms with Crippen molar-refractivity contribution in [1.82, 2.24) is 9.97 Å². The highest BCUT2D eigenvalue weighted by Crippen LogP contribution is 2.40. The second kappa shape index (κ2) is 6.53. The van der Waals surface area contributed by atoms with E-state index in [1.54, 1.807) is 0 Å². The Hall–Kier alpha value is -0.160. The van der Waals surface area contributed by atoms with Crippen LogP contribution in [-0.2, 0) is 0 Å². The van der Waals surface area contributed by atoms with Crippen LogP contribution >= 0.6 is 55.1 Å². The lowest BCUT2D eigenvalue weighted by molar-refractivity contribution is 0.690. The van der Waals surface area contributed by atoms with Crippen LogP contribution in [0, 0.1) is 0 Å². The van der Waals surface area contributed by atoms with Gasteiger partial charge in [0.05, 0.1) is 10.2 Å². The second-order valence-corrected chi connectivity index (χ2v) is 7.58. The quantitative estimate of drug-likeness (QED) is 0.479. The van der Waals surface area contributed by atoms with E-state index in [0.29, 0.717) is 21.9 Å². The average molecular weight is 451 g/mol. The molecule has 0 unspecified atom stereocenters. The van der Waals surface area contributed by atoms with Crippen LogP contribution in [0.3, 0.4) is 0 Å². The summed E-state index contributed by atoms with van der Waals surface area (Å²) in [6.45, 7) is 0. The van der Waals surface area contributed by atoms with Crippen molar-refractivity contribution in [2.45, 2.75) is 31.6 Å². The van der Waals surface area contributed by atoms with Gasteiger partial charge in [-0.2, -0.15) is 0 Å². The van der Waals surface area contributed by atoms with E-state index in [4.69, 9.17) is 28.2 Å². The Kier molecular flexibility index (Phi) is 4.89. The Bertz CT molecular complexity index is 686. The van der Waals surface area contributed by atoms with E-state index in [1.165, 1.54) is 12.8 Å². The molecule has 1 saturated carbocycles. The van der Waals surface area contributed by atoms with Gasteiger partial charge in [-0.05, 0) is 47.0 Å². The topological polar surface area (TPSA) is 25.8 Å². The fraction of sp³-hybridized carbons (Fsp3) is 0.333. The first-order valence-corrected chi connectivity index (χ1v) is 9.09. The van der Waals surface area contributed by atoms with Crippen LogP contribution < -0.4 is 0 Å². The van der Waals surface area contributed by atoms with Crippen molar-refractivity contribution >= 4 is 55.1 Å². The number of hydrogen-bond acceptors (Lipinski definition) is 2. The van der Waals surface area contributed by atoms with Crippen LogP contribution in [0.25, 0.3) is 11.4 Å². The average Bonchev–Trinajstić information content (AvgIpc) is 2.98. The molecule has 3 rings (SSSR count). The normalized spacial score (nSPS) is 15.6. The summed E-state index contributed by atoms with van der Waals surface area (Å²) in [7, 11) is 0. The Labute approximate surface area is 150 Å². The molecule has 1 aromatic heterocycles. The van der Waals surface area contributed by atoms with Crippen LogP contribution in [-0.4, -0.2) is 9.97 Å². The van der Waals surface area contributed by atoms with Gasteiger partial charge < -0.3 is 0 Å². The molecule has 2 aromatic rings. The highest BCUT2D eigenvalue weighted by molar-refractivity contribution is 9.11. The van der Waals surface area contributed by atoms with Gasteiger partial charge in [0.1, 0.15) is 5.15 Å². The lowest BCUT2D eigenvalue weighted by Gasteiger charge is -2.14. The first-order valence-electron chi connectivity index (χ1n) is 6.74. The molecule has 0 N–H and O–H groups in total. The van der Waals surface area contributed by atoms with Crippen molar-refractivity contribution in [2.75, 3.05) is 0 Å². The summed E-state index contributed by atoms with van der Waals surface area (Å²) < 4.78 is 1.72. The van der Waals surface area contributed by atoms with E-state index in [2.05, 4.69) is 36.8 Å². The molecule has 6 heteroatoms. The smallest absolute Gasteiger partial charge is 0.162 e. The van der Waals surface area contributed by atoms with Gasteiger partial charge in [-0.15, -0.1) is 0 Å². The molecule has 1 heterocycles. The van der Waals surface area contributed by atoms with Gasteiger partial charge >= 0.3 is 0 Å². The minimum atomic E-state index is 0.453. The van der Waals surface area contributed by atoms with E-state index in [9.17, 15) is 0 Å². The molecule has 2 nitrogen and oxygen atoms in total. The van der Waals surface area contributed by atoms with Crippen LogP contribution in [0.15, 0.2) is 27.1 Å². The third kappa shape index (κ3) is 3.29. The minimum absolute atomic E-state index is 0.453. The summed E-state index contributed by atoms with van der Waals surface area (Å²) in [5, 5.41) is 1.10. The third-order valence-electron chi connectivity index (χ3n) is 3.75. The maximum atomic E-state index is 6.29. The Morgan fingerprint density at radius 2 is 1.76 bits per heavy atom. The van der Waals surface area contributed by atoms with Gasteiger partial charge in [-0.25, -0.2) is 9.97 Å². The summed E-state index contributed by atoms with van der Waals surface area (Å²) in [5.74, 6) is 1.07. The van der Waals surface area contributed by atoms with Crippen molar-refractivity contribution in [3.05, 3.63) is 43.0 Å². The van der Waals surface area contributed by atoms with Crippen LogP contribution in [0.1, 0.15) is 37.3 Å². The first kappa shape index (κ1) is 15.7. The molecular weight excluding hydrogens is 439 g/mol. The Morgan fingerprint density at radius 1 is 1.05 bits per heavy atom. The molecule has 1 aliphatic rings. The van der Waals surface area contributed by atoms with Crippen molar-refractivity contribution in [2.24, 2.45) is 0 Å². The fourth-order valence-corrected chi connectivity index (χ4v) is 3.97. The van der Waals surface area contributed by atoms with Gasteiger partial charge in [-0.1, -0.05) is 52.0 Å². The zero-order valence-electron chi connectivity index (χ0n) is 11.0. The summed E-state index contributed by atoms with van der Waals surface area (Å²) >= 11 is 19.4. The Morgan fingerprint density at radius 3 is 2.48 bits per heavy atom. The Balaban J connectivity index is 2.13. The number of benzene rings is 1. The minimum Gasteiger partial charge on any atom is -0.231 e. The standard InChI is InChI=1S/C15H12Br2Cl2N2/c16-11-6-5-9(18)7-10(11)15-20-13(8-3-1-2-4-8)12(17)14(19)21-15/h5-8H,1-4H2. The van der Waals surface area contributed by atoms with Gasteiger partial charge in [0.2, 0.25) is 0 Å². The maximum Gasteiger partial charge on any atom is 0.162 e. The van der Waals surface area contributed by atoms with Gasteiger partial charge in [0.25, 0.3) is 0 Å². The molecule has 0 spiro atoms. The molecule has 0 saturated heterocycles.